The molecule has 0 radical (unpaired) electrons. The van der Waals surface area contributed by atoms with E-state index in [-0.39, 0.29) is 23.8 Å². The summed E-state index contributed by atoms with van der Waals surface area (Å²) < 4.78 is 0. The highest BCUT2D eigenvalue weighted by molar-refractivity contribution is 6.08. The summed E-state index contributed by atoms with van der Waals surface area (Å²) in [4.78, 5) is 36.9. The van der Waals surface area contributed by atoms with E-state index in [2.05, 4.69) is 0 Å². The van der Waals surface area contributed by atoms with Gasteiger partial charge in [0.1, 0.15) is 0 Å². The fourth-order valence-corrected chi connectivity index (χ4v) is 2.95. The molecule has 1 heterocycles. The Kier molecular flexibility index (Phi) is 3.00. The molecule has 0 aromatic carbocycles. The lowest BCUT2D eigenvalue weighted by Gasteiger charge is -2.28. The van der Waals surface area contributed by atoms with Crippen molar-refractivity contribution < 1.29 is 19.5 Å². The summed E-state index contributed by atoms with van der Waals surface area (Å²) in [6.45, 7) is 5.29. The van der Waals surface area contributed by atoms with Gasteiger partial charge in [0.05, 0.1) is 17.8 Å². The first kappa shape index (κ1) is 12.8. The molecule has 1 N–H and O–H groups in total. The maximum atomic E-state index is 12.3. The molecule has 1 aliphatic heterocycles. The smallest absolute Gasteiger partial charge is 0.307 e. The van der Waals surface area contributed by atoms with Gasteiger partial charge in [-0.25, -0.2) is 0 Å². The second-order valence-corrected chi connectivity index (χ2v) is 5.30. The predicted molar refractivity (Wildman–Crippen MR) is 63.4 cm³/mol. The highest BCUT2D eigenvalue weighted by Crippen LogP contribution is 2.41. The summed E-state index contributed by atoms with van der Waals surface area (Å²) >= 11 is 0. The number of carboxylic acids is 1. The first-order valence-electron chi connectivity index (χ1n) is 6.14. The van der Waals surface area contributed by atoms with Crippen molar-refractivity contribution in [3.8, 4) is 0 Å². The quantitative estimate of drug-likeness (QED) is 0.584. The summed E-state index contributed by atoms with van der Waals surface area (Å²) in [5.74, 6) is -3.99. The SMILES string of the molecule is CC(C)N1C(=O)[C@H]2[C@@H](C(=O)O)[C@@H](C)C=C[C@H]2C1=O. The number of hydrogen-bond acceptors (Lipinski definition) is 3. The second-order valence-electron chi connectivity index (χ2n) is 5.30. The number of rotatable bonds is 2. The van der Waals surface area contributed by atoms with Gasteiger partial charge < -0.3 is 5.11 Å². The van der Waals surface area contributed by atoms with Crippen molar-refractivity contribution >= 4 is 17.8 Å². The largest absolute Gasteiger partial charge is 0.481 e. The Hall–Kier alpha value is -1.65. The fourth-order valence-electron chi connectivity index (χ4n) is 2.95. The van der Waals surface area contributed by atoms with E-state index in [0.717, 1.165) is 0 Å². The van der Waals surface area contributed by atoms with Crippen molar-refractivity contribution in [2.24, 2.45) is 23.7 Å². The molecular weight excluding hydrogens is 234 g/mol. The Morgan fingerprint density at radius 2 is 1.89 bits per heavy atom. The minimum atomic E-state index is -1.01. The van der Waals surface area contributed by atoms with Gasteiger partial charge in [0.15, 0.2) is 0 Å². The minimum Gasteiger partial charge on any atom is -0.481 e. The standard InChI is InChI=1S/C13H17NO4/c1-6(2)14-11(15)8-5-4-7(3)9(13(17)18)10(8)12(14)16/h4-10H,1-3H3,(H,17,18)/t7-,8+,9-,10+/m0/s1. The number of hydrogen-bond donors (Lipinski definition) is 1. The lowest BCUT2D eigenvalue weighted by molar-refractivity contribution is -0.151. The van der Waals surface area contributed by atoms with Crippen molar-refractivity contribution in [3.05, 3.63) is 12.2 Å². The van der Waals surface area contributed by atoms with Gasteiger partial charge in [-0.05, 0) is 19.8 Å². The van der Waals surface area contributed by atoms with E-state index < -0.39 is 23.7 Å². The zero-order valence-electron chi connectivity index (χ0n) is 10.7. The molecule has 18 heavy (non-hydrogen) atoms. The monoisotopic (exact) mass is 251 g/mol. The number of amides is 2. The molecule has 2 rings (SSSR count). The first-order valence-corrected chi connectivity index (χ1v) is 6.14. The van der Waals surface area contributed by atoms with Gasteiger partial charge in [-0.2, -0.15) is 0 Å². The van der Waals surface area contributed by atoms with Crippen LogP contribution in [0, 0.1) is 23.7 Å². The molecule has 1 aliphatic carbocycles. The van der Waals surface area contributed by atoms with Crippen LogP contribution in [0.25, 0.3) is 0 Å². The zero-order chi connectivity index (χ0) is 13.6. The summed E-state index contributed by atoms with van der Waals surface area (Å²) in [6, 6.07) is -0.228. The van der Waals surface area contributed by atoms with E-state index in [1.54, 1.807) is 32.9 Å². The fraction of sp³-hybridized carbons (Fsp3) is 0.615. The van der Waals surface area contributed by atoms with Crippen LogP contribution in [0.2, 0.25) is 0 Å². The van der Waals surface area contributed by atoms with Crippen molar-refractivity contribution in [2.75, 3.05) is 0 Å². The van der Waals surface area contributed by atoms with Crippen LogP contribution in [0.1, 0.15) is 20.8 Å². The van der Waals surface area contributed by atoms with E-state index in [4.69, 9.17) is 0 Å². The summed E-state index contributed by atoms with van der Waals surface area (Å²) in [5, 5.41) is 9.27. The highest BCUT2D eigenvalue weighted by Gasteiger charge is 2.55. The van der Waals surface area contributed by atoms with Crippen LogP contribution in [0.5, 0.6) is 0 Å². The van der Waals surface area contributed by atoms with E-state index in [1.807, 2.05) is 0 Å². The number of fused-ring (bicyclic) bond motifs is 1. The van der Waals surface area contributed by atoms with Crippen molar-refractivity contribution in [3.63, 3.8) is 0 Å². The van der Waals surface area contributed by atoms with Gasteiger partial charge in [0, 0.05) is 6.04 Å². The van der Waals surface area contributed by atoms with Gasteiger partial charge in [0.2, 0.25) is 11.8 Å². The molecule has 0 aromatic heterocycles. The van der Waals surface area contributed by atoms with E-state index >= 15 is 0 Å². The lowest BCUT2D eigenvalue weighted by atomic mass is 9.72. The minimum absolute atomic E-state index is 0.228. The van der Waals surface area contributed by atoms with Crippen LogP contribution in [0.4, 0.5) is 0 Å². The predicted octanol–water partition coefficient (Wildman–Crippen LogP) is 0.903. The molecular formula is C13H17NO4. The number of carbonyl (C=O) groups is 3. The molecule has 4 atom stereocenters. The van der Waals surface area contributed by atoms with Crippen LogP contribution in [-0.4, -0.2) is 33.8 Å². The van der Waals surface area contributed by atoms with Crippen molar-refractivity contribution in [2.45, 2.75) is 26.8 Å². The third-order valence-corrected chi connectivity index (χ3v) is 3.81. The molecule has 0 aromatic rings. The zero-order valence-corrected chi connectivity index (χ0v) is 10.7. The molecule has 1 fully saturated rings. The average Bonchev–Trinajstić information content (AvgIpc) is 2.50. The molecule has 5 nitrogen and oxygen atoms in total. The summed E-state index contributed by atoms with van der Waals surface area (Å²) in [6.07, 6.45) is 3.42. The second kappa shape index (κ2) is 4.23. The van der Waals surface area contributed by atoms with E-state index in [1.165, 1.54) is 4.90 Å². The van der Waals surface area contributed by atoms with Gasteiger partial charge in [-0.3, -0.25) is 19.3 Å². The molecule has 2 amide bonds. The molecule has 5 heteroatoms. The molecule has 0 spiro atoms. The van der Waals surface area contributed by atoms with E-state index in [9.17, 15) is 19.5 Å². The average molecular weight is 251 g/mol. The number of carboxylic acid groups (broad SMARTS) is 1. The maximum absolute atomic E-state index is 12.3. The lowest BCUT2D eigenvalue weighted by Crippen LogP contribution is -2.40. The van der Waals surface area contributed by atoms with Gasteiger partial charge in [-0.15, -0.1) is 0 Å². The molecule has 2 aliphatic rings. The number of imide groups is 1. The van der Waals surface area contributed by atoms with Crippen LogP contribution in [0.3, 0.4) is 0 Å². The Labute approximate surface area is 105 Å². The van der Waals surface area contributed by atoms with Crippen molar-refractivity contribution in [1.82, 2.24) is 4.90 Å². The highest BCUT2D eigenvalue weighted by atomic mass is 16.4. The Balaban J connectivity index is 2.43. The summed E-state index contributed by atoms with van der Waals surface area (Å²) in [7, 11) is 0. The summed E-state index contributed by atoms with van der Waals surface area (Å²) in [5.41, 5.74) is 0. The Morgan fingerprint density at radius 3 is 2.39 bits per heavy atom. The molecule has 98 valence electrons. The topological polar surface area (TPSA) is 74.7 Å². The van der Waals surface area contributed by atoms with E-state index in [0.29, 0.717) is 0 Å². The number of aliphatic carboxylic acids is 1. The van der Waals surface area contributed by atoms with Gasteiger partial charge in [-0.1, -0.05) is 19.1 Å². The Morgan fingerprint density at radius 1 is 1.28 bits per heavy atom. The van der Waals surface area contributed by atoms with Crippen LogP contribution < -0.4 is 0 Å². The number of carbonyl (C=O) groups excluding carboxylic acids is 2. The van der Waals surface area contributed by atoms with Gasteiger partial charge in [0.25, 0.3) is 0 Å². The third kappa shape index (κ3) is 1.65. The van der Waals surface area contributed by atoms with Crippen molar-refractivity contribution in [1.29, 1.82) is 0 Å². The third-order valence-electron chi connectivity index (χ3n) is 3.81. The normalized spacial score (nSPS) is 35.2. The van der Waals surface area contributed by atoms with Crippen LogP contribution in [-0.2, 0) is 14.4 Å². The number of nitrogens with zero attached hydrogens (tertiary/aromatic N) is 1. The molecule has 1 saturated heterocycles. The Bertz CT molecular complexity index is 440. The van der Waals surface area contributed by atoms with Gasteiger partial charge >= 0.3 is 5.97 Å². The molecule has 0 bridgehead atoms. The molecule has 0 unspecified atom stereocenters. The maximum Gasteiger partial charge on any atom is 0.307 e. The molecule has 0 saturated carbocycles. The van der Waals surface area contributed by atoms with Crippen LogP contribution >= 0.6 is 0 Å². The number of allylic oxidation sites excluding steroid dienone is 1. The number of likely N-dealkylation sites (tertiary alicyclic amines) is 1. The van der Waals surface area contributed by atoms with Crippen LogP contribution in [0.15, 0.2) is 12.2 Å². The first-order chi connectivity index (χ1) is 8.36.